The number of likely N-dealkylation sites (tertiary alicyclic amines) is 1. The fourth-order valence-corrected chi connectivity index (χ4v) is 6.03. The molecule has 8 heteroatoms. The zero-order valence-electron chi connectivity index (χ0n) is 19.3. The van der Waals surface area contributed by atoms with E-state index in [1.807, 2.05) is 66.7 Å². The van der Waals surface area contributed by atoms with Crippen molar-refractivity contribution >= 4 is 21.8 Å². The Bertz CT molecular complexity index is 1210. The maximum atomic E-state index is 14.0. The van der Waals surface area contributed by atoms with Crippen LogP contribution in [0, 0.1) is 0 Å². The molecule has 35 heavy (non-hydrogen) atoms. The molecule has 1 fully saturated rings. The number of hydrogen-bond acceptors (Lipinski definition) is 4. The lowest BCUT2D eigenvalue weighted by Crippen LogP contribution is -2.55. The lowest BCUT2D eigenvalue weighted by molar-refractivity contribution is -0.138. The maximum Gasteiger partial charge on any atom is 0.242 e. The minimum absolute atomic E-state index is 0.271. The number of sulfonamides is 1. The molecule has 0 saturated carbocycles. The number of nitrogens with one attached hydrogen (secondary N) is 1. The van der Waals surface area contributed by atoms with Crippen molar-refractivity contribution in [3.8, 4) is 0 Å². The molecule has 0 aromatic heterocycles. The van der Waals surface area contributed by atoms with E-state index >= 15 is 0 Å². The summed E-state index contributed by atoms with van der Waals surface area (Å²) in [6.45, 7) is 0.347. The normalized spacial score (nSPS) is 16.8. The second-order valence-electron chi connectivity index (χ2n) is 8.73. The van der Waals surface area contributed by atoms with Crippen LogP contribution in [0.5, 0.6) is 0 Å². The highest BCUT2D eigenvalue weighted by Crippen LogP contribution is 2.31. The molecule has 2 atom stereocenters. The van der Waals surface area contributed by atoms with E-state index in [2.05, 4.69) is 4.72 Å². The molecule has 3 aromatic carbocycles. The molecule has 2 amide bonds. The predicted octanol–water partition coefficient (Wildman–Crippen LogP) is 2.78. The fraction of sp³-hybridized carbons (Fsp3) is 0.259. The summed E-state index contributed by atoms with van der Waals surface area (Å²) in [6, 6.07) is 25.5. The Kier molecular flexibility index (Phi) is 7.63. The molecule has 0 spiro atoms. The fourth-order valence-electron chi connectivity index (χ4n) is 4.69. The van der Waals surface area contributed by atoms with E-state index in [4.69, 9.17) is 5.73 Å². The van der Waals surface area contributed by atoms with Gasteiger partial charge in [0.15, 0.2) is 0 Å². The number of hydrogen-bond donors (Lipinski definition) is 2. The average molecular weight is 492 g/mol. The first kappa shape index (κ1) is 24.6. The summed E-state index contributed by atoms with van der Waals surface area (Å²) in [5, 5.41) is 0. The van der Waals surface area contributed by atoms with Crippen LogP contribution < -0.4 is 10.5 Å². The molecular weight excluding hydrogens is 462 g/mol. The zero-order valence-corrected chi connectivity index (χ0v) is 20.1. The molecule has 0 radical (unpaired) electrons. The maximum absolute atomic E-state index is 14.0. The Morgan fingerprint density at radius 2 is 1.40 bits per heavy atom. The Balaban J connectivity index is 1.77. The van der Waals surface area contributed by atoms with E-state index < -0.39 is 39.8 Å². The van der Waals surface area contributed by atoms with Crippen molar-refractivity contribution < 1.29 is 18.0 Å². The van der Waals surface area contributed by atoms with E-state index in [-0.39, 0.29) is 5.75 Å². The molecule has 4 rings (SSSR count). The minimum atomic E-state index is -3.92. The van der Waals surface area contributed by atoms with Gasteiger partial charge in [-0.05, 0) is 29.5 Å². The van der Waals surface area contributed by atoms with Gasteiger partial charge in [0.25, 0.3) is 0 Å². The van der Waals surface area contributed by atoms with Gasteiger partial charge >= 0.3 is 0 Å². The summed E-state index contributed by atoms with van der Waals surface area (Å²) in [4.78, 5) is 27.5. The molecule has 0 aliphatic carbocycles. The number of carbonyl (C=O) groups is 2. The largest absolute Gasteiger partial charge is 0.368 e. The number of nitrogens with zero attached hydrogens (tertiary/aromatic N) is 1. The molecule has 1 aliphatic rings. The Labute approximate surface area is 206 Å². The number of rotatable bonds is 9. The number of nitrogens with two attached hydrogens (primary N) is 1. The highest BCUT2D eigenvalue weighted by molar-refractivity contribution is 7.88. The first-order chi connectivity index (χ1) is 16.9. The van der Waals surface area contributed by atoms with E-state index in [0.717, 1.165) is 11.1 Å². The van der Waals surface area contributed by atoms with Crippen LogP contribution in [0.1, 0.15) is 35.4 Å². The first-order valence-electron chi connectivity index (χ1n) is 11.6. The summed E-state index contributed by atoms with van der Waals surface area (Å²) in [7, 11) is -3.92. The summed E-state index contributed by atoms with van der Waals surface area (Å²) >= 11 is 0. The van der Waals surface area contributed by atoms with Crippen LogP contribution in [0.15, 0.2) is 91.0 Å². The van der Waals surface area contributed by atoms with Crippen molar-refractivity contribution in [1.29, 1.82) is 0 Å². The molecule has 1 saturated heterocycles. The van der Waals surface area contributed by atoms with Crippen molar-refractivity contribution in [2.45, 2.75) is 36.6 Å². The van der Waals surface area contributed by atoms with Gasteiger partial charge in [0.2, 0.25) is 21.8 Å². The van der Waals surface area contributed by atoms with Gasteiger partial charge in [-0.1, -0.05) is 91.0 Å². The SMILES string of the molecule is NC(=O)C1CCCN1C(=O)[C@H](NS(=O)(=O)Cc1ccccc1)C(c1ccccc1)c1ccccc1. The lowest BCUT2D eigenvalue weighted by Gasteiger charge is -2.33. The summed E-state index contributed by atoms with van der Waals surface area (Å²) in [5.74, 6) is -1.92. The van der Waals surface area contributed by atoms with Crippen molar-refractivity contribution in [2.24, 2.45) is 5.73 Å². The zero-order chi connectivity index (χ0) is 24.8. The smallest absolute Gasteiger partial charge is 0.242 e. The Morgan fingerprint density at radius 3 is 1.91 bits per heavy atom. The Morgan fingerprint density at radius 1 is 0.886 bits per heavy atom. The van der Waals surface area contributed by atoms with E-state index in [0.29, 0.717) is 24.9 Å². The van der Waals surface area contributed by atoms with Gasteiger partial charge in [0, 0.05) is 12.5 Å². The molecule has 3 N–H and O–H groups in total. The highest BCUT2D eigenvalue weighted by atomic mass is 32.2. The molecule has 1 unspecified atom stereocenters. The highest BCUT2D eigenvalue weighted by Gasteiger charge is 2.41. The van der Waals surface area contributed by atoms with Crippen molar-refractivity contribution in [3.63, 3.8) is 0 Å². The summed E-state index contributed by atoms with van der Waals surface area (Å²) in [5.41, 5.74) is 7.76. The van der Waals surface area contributed by atoms with Crippen LogP contribution in [-0.4, -0.2) is 43.8 Å². The van der Waals surface area contributed by atoms with Crippen LogP contribution in [0.2, 0.25) is 0 Å². The van der Waals surface area contributed by atoms with Crippen molar-refractivity contribution in [1.82, 2.24) is 9.62 Å². The first-order valence-corrected chi connectivity index (χ1v) is 13.2. The molecule has 0 bridgehead atoms. The van der Waals surface area contributed by atoms with Gasteiger partial charge in [-0.15, -0.1) is 0 Å². The molecule has 182 valence electrons. The third-order valence-corrected chi connectivity index (χ3v) is 7.61. The standard InChI is InChI=1S/C27H29N3O4S/c28-26(31)23-17-10-18-30(23)27(32)25(29-35(33,34)19-20-11-4-1-5-12-20)24(21-13-6-2-7-14-21)22-15-8-3-9-16-22/h1-9,11-16,23-25,29H,10,17-19H2,(H2,28,31)/t23?,25-/m1/s1. The quantitative estimate of drug-likeness (QED) is 0.480. The van der Waals surface area contributed by atoms with Crippen LogP contribution in [0.3, 0.4) is 0 Å². The monoisotopic (exact) mass is 491 g/mol. The van der Waals surface area contributed by atoms with Gasteiger partial charge in [0.1, 0.15) is 12.1 Å². The van der Waals surface area contributed by atoms with Crippen molar-refractivity contribution in [3.05, 3.63) is 108 Å². The summed E-state index contributed by atoms with van der Waals surface area (Å²) in [6.07, 6.45) is 1.09. The third-order valence-electron chi connectivity index (χ3n) is 6.29. The summed E-state index contributed by atoms with van der Waals surface area (Å²) < 4.78 is 29.4. The van der Waals surface area contributed by atoms with Crippen LogP contribution in [0.4, 0.5) is 0 Å². The van der Waals surface area contributed by atoms with Gasteiger partial charge in [-0.25, -0.2) is 13.1 Å². The van der Waals surface area contributed by atoms with Gasteiger partial charge in [-0.3, -0.25) is 9.59 Å². The second-order valence-corrected chi connectivity index (χ2v) is 10.5. The minimum Gasteiger partial charge on any atom is -0.368 e. The van der Waals surface area contributed by atoms with Gasteiger partial charge < -0.3 is 10.6 Å². The topological polar surface area (TPSA) is 110 Å². The average Bonchev–Trinajstić information content (AvgIpc) is 3.35. The predicted molar refractivity (Wildman–Crippen MR) is 135 cm³/mol. The molecule has 1 aliphatic heterocycles. The lowest BCUT2D eigenvalue weighted by atomic mass is 9.84. The van der Waals surface area contributed by atoms with Gasteiger partial charge in [0.05, 0.1) is 5.75 Å². The van der Waals surface area contributed by atoms with E-state index in [9.17, 15) is 18.0 Å². The van der Waals surface area contributed by atoms with Crippen molar-refractivity contribution in [2.75, 3.05) is 6.54 Å². The second kappa shape index (κ2) is 10.8. The van der Waals surface area contributed by atoms with Crippen LogP contribution in [-0.2, 0) is 25.4 Å². The Hall–Kier alpha value is -3.49. The van der Waals surface area contributed by atoms with Crippen LogP contribution >= 0.6 is 0 Å². The van der Waals surface area contributed by atoms with Crippen LogP contribution in [0.25, 0.3) is 0 Å². The molecule has 3 aromatic rings. The van der Waals surface area contributed by atoms with E-state index in [1.165, 1.54) is 4.90 Å². The number of primary amides is 1. The molecule has 1 heterocycles. The molecular formula is C27H29N3O4S. The number of carbonyl (C=O) groups excluding carboxylic acids is 2. The van der Waals surface area contributed by atoms with Gasteiger partial charge in [-0.2, -0.15) is 0 Å². The number of benzene rings is 3. The molecule has 7 nitrogen and oxygen atoms in total. The number of amides is 2. The third kappa shape index (κ3) is 5.96. The van der Waals surface area contributed by atoms with E-state index in [1.54, 1.807) is 24.3 Å².